The third-order valence-electron chi connectivity index (χ3n) is 4.04. The Bertz CT molecular complexity index is 807. The van der Waals surface area contributed by atoms with Gasteiger partial charge in [0.2, 0.25) is 0 Å². The molecule has 0 aromatic heterocycles. The highest BCUT2D eigenvalue weighted by Crippen LogP contribution is 2.23. The van der Waals surface area contributed by atoms with E-state index in [1.165, 1.54) is 24.3 Å². The molecule has 150 valence electrons. The first-order valence-corrected chi connectivity index (χ1v) is 9.16. The second-order valence-corrected chi connectivity index (χ2v) is 6.39. The van der Waals surface area contributed by atoms with Crippen LogP contribution in [-0.4, -0.2) is 45.7 Å². The van der Waals surface area contributed by atoms with Gasteiger partial charge in [0.25, 0.3) is 11.8 Å². The third-order valence-corrected chi connectivity index (χ3v) is 4.04. The first-order chi connectivity index (χ1) is 13.4. The average Bonchev–Trinajstić information content (AvgIpc) is 2.68. The summed E-state index contributed by atoms with van der Waals surface area (Å²) in [5.41, 5.74) is 2.01. The van der Waals surface area contributed by atoms with E-state index in [9.17, 15) is 14.0 Å². The van der Waals surface area contributed by atoms with E-state index in [2.05, 4.69) is 10.6 Å². The molecule has 2 amide bonds. The summed E-state index contributed by atoms with van der Waals surface area (Å²) in [5.74, 6) is -1.01. The van der Waals surface area contributed by atoms with Crippen molar-refractivity contribution in [2.24, 2.45) is 0 Å². The van der Waals surface area contributed by atoms with Crippen molar-refractivity contribution in [2.75, 3.05) is 44.1 Å². The Hall–Kier alpha value is -2.93. The number of halogens is 1. The molecule has 0 aliphatic rings. The van der Waals surface area contributed by atoms with Crippen molar-refractivity contribution in [1.29, 1.82) is 0 Å². The average molecular weight is 387 g/mol. The molecule has 0 bridgehead atoms. The molecule has 0 saturated carbocycles. The van der Waals surface area contributed by atoms with Gasteiger partial charge in [-0.15, -0.1) is 0 Å². The normalized spacial score (nSPS) is 10.4. The van der Waals surface area contributed by atoms with Crippen LogP contribution in [0.15, 0.2) is 42.5 Å². The number of benzene rings is 2. The van der Waals surface area contributed by atoms with Crippen LogP contribution in [0.5, 0.6) is 0 Å². The lowest BCUT2D eigenvalue weighted by atomic mass is 10.1. The lowest BCUT2D eigenvalue weighted by Crippen LogP contribution is -2.27. The van der Waals surface area contributed by atoms with E-state index in [0.29, 0.717) is 36.6 Å². The predicted molar refractivity (Wildman–Crippen MR) is 109 cm³/mol. The maximum atomic E-state index is 13.0. The molecule has 7 heteroatoms. The number of ether oxygens (including phenoxy) is 1. The second kappa shape index (κ2) is 10.4. The van der Waals surface area contributed by atoms with Crippen LogP contribution in [0.25, 0.3) is 0 Å². The highest BCUT2D eigenvalue weighted by atomic mass is 19.1. The molecule has 2 aromatic rings. The number of hydrogen-bond donors (Lipinski definition) is 2. The zero-order valence-corrected chi connectivity index (χ0v) is 16.4. The van der Waals surface area contributed by atoms with E-state index in [1.54, 1.807) is 18.2 Å². The molecule has 0 fully saturated rings. The molecule has 0 saturated heterocycles. The van der Waals surface area contributed by atoms with Gasteiger partial charge in [-0.1, -0.05) is 0 Å². The van der Waals surface area contributed by atoms with Gasteiger partial charge in [0.1, 0.15) is 5.82 Å². The predicted octanol–water partition coefficient (Wildman–Crippen LogP) is 3.30. The van der Waals surface area contributed by atoms with Crippen molar-refractivity contribution in [3.05, 3.63) is 59.4 Å². The number of carbonyl (C=O) groups is 2. The van der Waals surface area contributed by atoms with E-state index >= 15 is 0 Å². The Morgan fingerprint density at radius 1 is 1.07 bits per heavy atom. The quantitative estimate of drug-likeness (QED) is 0.648. The SMILES string of the molecule is CCOCCCNC(=O)c1cc(NC(=O)c2ccc(F)cc2)ccc1N(C)C. The molecule has 2 rings (SSSR count). The molecule has 28 heavy (non-hydrogen) atoms. The topological polar surface area (TPSA) is 70.7 Å². The first-order valence-electron chi connectivity index (χ1n) is 9.16. The lowest BCUT2D eigenvalue weighted by molar-refractivity contribution is 0.0943. The Morgan fingerprint density at radius 3 is 2.43 bits per heavy atom. The Balaban J connectivity index is 2.12. The zero-order chi connectivity index (χ0) is 20.5. The van der Waals surface area contributed by atoms with E-state index in [4.69, 9.17) is 4.74 Å². The molecule has 0 spiro atoms. The summed E-state index contributed by atoms with van der Waals surface area (Å²) in [5, 5.41) is 5.61. The van der Waals surface area contributed by atoms with Gasteiger partial charge in [0.15, 0.2) is 0 Å². The summed E-state index contributed by atoms with van der Waals surface area (Å²) in [4.78, 5) is 26.8. The summed E-state index contributed by atoms with van der Waals surface area (Å²) in [6.07, 6.45) is 0.720. The van der Waals surface area contributed by atoms with Crippen LogP contribution in [0.4, 0.5) is 15.8 Å². The van der Waals surface area contributed by atoms with Crippen LogP contribution in [-0.2, 0) is 4.74 Å². The van der Waals surface area contributed by atoms with Crippen molar-refractivity contribution in [2.45, 2.75) is 13.3 Å². The van der Waals surface area contributed by atoms with Gasteiger partial charge in [-0.3, -0.25) is 9.59 Å². The van der Waals surface area contributed by atoms with Crippen molar-refractivity contribution in [1.82, 2.24) is 5.32 Å². The highest BCUT2D eigenvalue weighted by molar-refractivity contribution is 6.06. The molecule has 0 heterocycles. The molecule has 2 aromatic carbocycles. The number of hydrogen-bond acceptors (Lipinski definition) is 4. The fourth-order valence-corrected chi connectivity index (χ4v) is 2.61. The van der Waals surface area contributed by atoms with Gasteiger partial charge in [0, 0.05) is 50.8 Å². The number of amides is 2. The minimum absolute atomic E-state index is 0.224. The zero-order valence-electron chi connectivity index (χ0n) is 16.4. The fourth-order valence-electron chi connectivity index (χ4n) is 2.61. The monoisotopic (exact) mass is 387 g/mol. The standard InChI is InChI=1S/C21H26FN3O3/c1-4-28-13-5-12-23-21(27)18-14-17(10-11-19(18)25(2)3)24-20(26)15-6-8-16(22)9-7-15/h6-11,14H,4-5,12-13H2,1-3H3,(H,23,27)(H,24,26). The number of rotatable bonds is 9. The Labute approximate surface area is 164 Å². The number of anilines is 2. The molecule has 0 radical (unpaired) electrons. The van der Waals surface area contributed by atoms with E-state index in [0.717, 1.165) is 12.1 Å². The summed E-state index contributed by atoms with van der Waals surface area (Å²) in [6.45, 7) is 3.66. The maximum absolute atomic E-state index is 13.0. The van der Waals surface area contributed by atoms with Crippen LogP contribution in [0.2, 0.25) is 0 Å². The van der Waals surface area contributed by atoms with Crippen LogP contribution < -0.4 is 15.5 Å². The molecule has 6 nitrogen and oxygen atoms in total. The van der Waals surface area contributed by atoms with Gasteiger partial charge in [-0.05, 0) is 55.8 Å². The molecular formula is C21H26FN3O3. The van der Waals surface area contributed by atoms with Crippen molar-refractivity contribution in [3.63, 3.8) is 0 Å². The van der Waals surface area contributed by atoms with E-state index in [1.807, 2.05) is 25.9 Å². The Morgan fingerprint density at radius 2 is 1.79 bits per heavy atom. The van der Waals surface area contributed by atoms with Crippen LogP contribution in [0.1, 0.15) is 34.1 Å². The van der Waals surface area contributed by atoms with Gasteiger partial charge < -0.3 is 20.3 Å². The minimum Gasteiger partial charge on any atom is -0.382 e. The molecule has 0 atom stereocenters. The van der Waals surface area contributed by atoms with E-state index in [-0.39, 0.29) is 11.8 Å². The molecular weight excluding hydrogens is 361 g/mol. The van der Waals surface area contributed by atoms with Gasteiger partial charge in [-0.25, -0.2) is 4.39 Å². The third kappa shape index (κ3) is 6.06. The summed E-state index contributed by atoms with van der Waals surface area (Å²) < 4.78 is 18.3. The van der Waals surface area contributed by atoms with Gasteiger partial charge in [-0.2, -0.15) is 0 Å². The van der Waals surface area contributed by atoms with Crippen molar-refractivity contribution < 1.29 is 18.7 Å². The summed E-state index contributed by atoms with van der Waals surface area (Å²) in [6, 6.07) is 10.4. The van der Waals surface area contributed by atoms with Gasteiger partial charge in [0.05, 0.1) is 5.56 Å². The number of nitrogens with zero attached hydrogens (tertiary/aromatic N) is 1. The van der Waals surface area contributed by atoms with Crippen LogP contribution in [0.3, 0.4) is 0 Å². The van der Waals surface area contributed by atoms with E-state index < -0.39 is 5.82 Å². The smallest absolute Gasteiger partial charge is 0.255 e. The van der Waals surface area contributed by atoms with Gasteiger partial charge >= 0.3 is 0 Å². The number of nitrogens with one attached hydrogen (secondary N) is 2. The van der Waals surface area contributed by atoms with Crippen LogP contribution in [0, 0.1) is 5.82 Å². The lowest BCUT2D eigenvalue weighted by Gasteiger charge is -2.18. The summed E-state index contributed by atoms with van der Waals surface area (Å²) >= 11 is 0. The fraction of sp³-hybridized carbons (Fsp3) is 0.333. The van der Waals surface area contributed by atoms with Crippen molar-refractivity contribution >= 4 is 23.2 Å². The minimum atomic E-state index is -0.407. The maximum Gasteiger partial charge on any atom is 0.255 e. The number of carbonyl (C=O) groups excluding carboxylic acids is 2. The molecule has 0 aliphatic heterocycles. The second-order valence-electron chi connectivity index (χ2n) is 6.39. The molecule has 0 aliphatic carbocycles. The summed E-state index contributed by atoms with van der Waals surface area (Å²) in [7, 11) is 3.69. The first kappa shape index (κ1) is 21.4. The largest absolute Gasteiger partial charge is 0.382 e. The van der Waals surface area contributed by atoms with Crippen LogP contribution >= 0.6 is 0 Å². The molecule has 2 N–H and O–H groups in total. The molecule has 0 unspecified atom stereocenters. The Kier molecular flexibility index (Phi) is 7.95. The highest BCUT2D eigenvalue weighted by Gasteiger charge is 2.15. The van der Waals surface area contributed by atoms with Crippen molar-refractivity contribution in [3.8, 4) is 0 Å².